The molecule has 3 rings (SSSR count). The highest BCUT2D eigenvalue weighted by Gasteiger charge is 2.16. The van der Waals surface area contributed by atoms with E-state index in [-0.39, 0.29) is 0 Å². The summed E-state index contributed by atoms with van der Waals surface area (Å²) in [6.07, 6.45) is 2.07. The van der Waals surface area contributed by atoms with Crippen molar-refractivity contribution < 1.29 is 0 Å². The average molecular weight is 353 g/mol. The molecule has 4 atom stereocenters. The van der Waals surface area contributed by atoms with Crippen LogP contribution in [0.15, 0.2) is 48.5 Å². The fourth-order valence-electron chi connectivity index (χ4n) is 3.83. The number of benzene rings is 2. The van der Waals surface area contributed by atoms with Gasteiger partial charge in [0.05, 0.1) is 22.7 Å². The molecule has 0 aromatic heterocycles. The van der Waals surface area contributed by atoms with Gasteiger partial charge in [-0.2, -0.15) is 0 Å². The Morgan fingerprint density at radius 3 is 0.962 bits per heavy atom. The summed E-state index contributed by atoms with van der Waals surface area (Å²) in [7, 11) is 0. The zero-order valence-electron chi connectivity index (χ0n) is 16.3. The number of nitrogens with one attached hydrogen (secondary N) is 4. The first kappa shape index (κ1) is 18.4. The Morgan fingerprint density at radius 2 is 0.731 bits per heavy atom. The molecule has 0 amide bonds. The normalized spacial score (nSPS) is 26.6. The van der Waals surface area contributed by atoms with Gasteiger partial charge < -0.3 is 21.3 Å². The van der Waals surface area contributed by atoms with E-state index in [9.17, 15) is 0 Å². The van der Waals surface area contributed by atoms with Gasteiger partial charge in [0, 0.05) is 24.2 Å². The highest BCUT2D eigenvalue weighted by Crippen LogP contribution is 2.27. The minimum absolute atomic E-state index is 0.373. The molecule has 0 spiro atoms. The second-order valence-electron chi connectivity index (χ2n) is 7.74. The monoisotopic (exact) mass is 352 g/mol. The van der Waals surface area contributed by atoms with Gasteiger partial charge in [-0.05, 0) is 64.8 Å². The van der Waals surface area contributed by atoms with E-state index in [1.165, 1.54) is 22.7 Å². The van der Waals surface area contributed by atoms with Crippen molar-refractivity contribution in [2.24, 2.45) is 0 Å². The molecule has 2 aromatic carbocycles. The van der Waals surface area contributed by atoms with E-state index in [2.05, 4.69) is 97.5 Å². The van der Waals surface area contributed by atoms with Crippen LogP contribution in [0.1, 0.15) is 40.5 Å². The molecule has 2 aromatic rings. The fourth-order valence-corrected chi connectivity index (χ4v) is 3.83. The van der Waals surface area contributed by atoms with Crippen LogP contribution in [0.4, 0.5) is 22.7 Å². The van der Waals surface area contributed by atoms with Gasteiger partial charge in [-0.1, -0.05) is 24.3 Å². The minimum Gasteiger partial charge on any atom is -0.381 e. The lowest BCUT2D eigenvalue weighted by atomic mass is 10.1. The third-order valence-electron chi connectivity index (χ3n) is 4.88. The first-order valence-electron chi connectivity index (χ1n) is 9.75. The van der Waals surface area contributed by atoms with Crippen molar-refractivity contribution >= 4 is 22.7 Å². The number of para-hydroxylation sites is 4. The Hall–Kier alpha value is -2.36. The molecule has 1 heterocycles. The van der Waals surface area contributed by atoms with Gasteiger partial charge in [-0.25, -0.2) is 0 Å². The third-order valence-corrected chi connectivity index (χ3v) is 4.88. The van der Waals surface area contributed by atoms with Crippen LogP contribution in [0.5, 0.6) is 0 Å². The van der Waals surface area contributed by atoms with E-state index in [1.807, 2.05) is 0 Å². The maximum atomic E-state index is 3.68. The summed E-state index contributed by atoms with van der Waals surface area (Å²) < 4.78 is 0. The zero-order chi connectivity index (χ0) is 18.5. The van der Waals surface area contributed by atoms with Gasteiger partial charge in [0.2, 0.25) is 0 Å². The van der Waals surface area contributed by atoms with E-state index in [0.29, 0.717) is 24.2 Å². The van der Waals surface area contributed by atoms with Gasteiger partial charge in [-0.3, -0.25) is 0 Å². The summed E-state index contributed by atoms with van der Waals surface area (Å²) in [5.74, 6) is 0. The molecule has 140 valence electrons. The van der Waals surface area contributed by atoms with Crippen molar-refractivity contribution in [2.75, 3.05) is 21.3 Å². The summed E-state index contributed by atoms with van der Waals surface area (Å²) >= 11 is 0. The molecule has 4 unspecified atom stereocenters. The Morgan fingerprint density at radius 1 is 0.500 bits per heavy atom. The SMILES string of the molecule is CC1CC(C)Nc2ccccc2NC(C)CC(C)Nc2ccccc2N1. The van der Waals surface area contributed by atoms with Crippen LogP contribution in [-0.4, -0.2) is 24.2 Å². The standard InChI is InChI=1S/C22H32N4/c1-15-13-16(2)24-21-11-7-8-12-22(21)26-18(4)14-17(3)25-20-10-6-5-9-19(20)23-15/h5-12,15-18,23-26H,13-14H2,1-4H3. The molecule has 4 nitrogen and oxygen atoms in total. The molecule has 4 heteroatoms. The number of hydrogen-bond acceptors (Lipinski definition) is 4. The molecule has 0 saturated carbocycles. The van der Waals surface area contributed by atoms with Crippen LogP contribution >= 0.6 is 0 Å². The molecule has 1 aliphatic rings. The highest BCUT2D eigenvalue weighted by atomic mass is 15.0. The largest absolute Gasteiger partial charge is 0.381 e. The second-order valence-corrected chi connectivity index (χ2v) is 7.74. The van der Waals surface area contributed by atoms with E-state index in [4.69, 9.17) is 0 Å². The lowest BCUT2D eigenvalue weighted by molar-refractivity contribution is 0.624. The summed E-state index contributed by atoms with van der Waals surface area (Å²) in [4.78, 5) is 0. The Bertz CT molecular complexity index is 595. The summed E-state index contributed by atoms with van der Waals surface area (Å²) in [5, 5.41) is 14.7. The van der Waals surface area contributed by atoms with Crippen molar-refractivity contribution in [3.05, 3.63) is 48.5 Å². The van der Waals surface area contributed by atoms with Crippen LogP contribution in [0.25, 0.3) is 0 Å². The third kappa shape index (κ3) is 4.84. The predicted molar refractivity (Wildman–Crippen MR) is 114 cm³/mol. The van der Waals surface area contributed by atoms with Crippen molar-refractivity contribution in [1.82, 2.24) is 0 Å². The fraction of sp³-hybridized carbons (Fsp3) is 0.455. The topological polar surface area (TPSA) is 48.1 Å². The van der Waals surface area contributed by atoms with Crippen molar-refractivity contribution in [3.63, 3.8) is 0 Å². The summed E-state index contributed by atoms with van der Waals surface area (Å²) in [5.41, 5.74) is 4.71. The van der Waals surface area contributed by atoms with E-state index >= 15 is 0 Å². The van der Waals surface area contributed by atoms with Crippen LogP contribution < -0.4 is 21.3 Å². The van der Waals surface area contributed by atoms with Crippen molar-refractivity contribution in [2.45, 2.75) is 64.7 Å². The maximum Gasteiger partial charge on any atom is 0.0578 e. The average Bonchev–Trinajstić information content (AvgIpc) is 2.57. The number of anilines is 4. The van der Waals surface area contributed by atoms with Crippen LogP contribution in [0, 0.1) is 0 Å². The Kier molecular flexibility index (Phi) is 5.92. The first-order chi connectivity index (χ1) is 12.5. The van der Waals surface area contributed by atoms with Gasteiger partial charge >= 0.3 is 0 Å². The molecule has 0 saturated heterocycles. The van der Waals surface area contributed by atoms with Gasteiger partial charge in [0.15, 0.2) is 0 Å². The maximum absolute atomic E-state index is 3.68. The second kappa shape index (κ2) is 8.35. The number of rotatable bonds is 0. The quantitative estimate of drug-likeness (QED) is 0.514. The molecular formula is C22H32N4. The molecule has 4 N–H and O–H groups in total. The smallest absolute Gasteiger partial charge is 0.0578 e. The first-order valence-corrected chi connectivity index (χ1v) is 9.75. The molecule has 0 fully saturated rings. The Balaban J connectivity index is 1.86. The zero-order valence-corrected chi connectivity index (χ0v) is 16.3. The number of hydrogen-bond donors (Lipinski definition) is 4. The van der Waals surface area contributed by atoms with E-state index < -0.39 is 0 Å². The van der Waals surface area contributed by atoms with E-state index in [1.54, 1.807) is 0 Å². The summed E-state index contributed by atoms with van der Waals surface area (Å²) in [6, 6.07) is 18.5. The molecule has 0 bridgehead atoms. The Labute approximate surface area is 157 Å². The van der Waals surface area contributed by atoms with Crippen LogP contribution in [0.3, 0.4) is 0 Å². The van der Waals surface area contributed by atoms with Crippen LogP contribution in [-0.2, 0) is 0 Å². The predicted octanol–water partition coefficient (Wildman–Crippen LogP) is 5.38. The lowest BCUT2D eigenvalue weighted by Crippen LogP contribution is -2.30. The lowest BCUT2D eigenvalue weighted by Gasteiger charge is -2.28. The molecule has 1 aliphatic heterocycles. The van der Waals surface area contributed by atoms with Crippen LogP contribution in [0.2, 0.25) is 0 Å². The summed E-state index contributed by atoms with van der Waals surface area (Å²) in [6.45, 7) is 8.99. The minimum atomic E-state index is 0.373. The van der Waals surface area contributed by atoms with Crippen molar-refractivity contribution in [3.8, 4) is 0 Å². The van der Waals surface area contributed by atoms with E-state index in [0.717, 1.165) is 12.8 Å². The molecule has 0 radical (unpaired) electrons. The van der Waals surface area contributed by atoms with Gasteiger partial charge in [0.25, 0.3) is 0 Å². The molecule has 26 heavy (non-hydrogen) atoms. The van der Waals surface area contributed by atoms with Gasteiger partial charge in [-0.15, -0.1) is 0 Å². The number of fused-ring (bicyclic) bond motifs is 2. The molecule has 0 aliphatic carbocycles. The van der Waals surface area contributed by atoms with Crippen molar-refractivity contribution in [1.29, 1.82) is 0 Å². The highest BCUT2D eigenvalue weighted by molar-refractivity contribution is 5.70. The molecular weight excluding hydrogens is 320 g/mol. The van der Waals surface area contributed by atoms with Gasteiger partial charge in [0.1, 0.15) is 0 Å².